The number of benzene rings is 4. The molecule has 0 aliphatic heterocycles. The van der Waals surface area contributed by atoms with E-state index < -0.39 is 0 Å². The first-order valence-corrected chi connectivity index (χ1v) is 12.3. The van der Waals surface area contributed by atoms with Gasteiger partial charge in [0.05, 0.1) is 0 Å². The Bertz CT molecular complexity index is 1310. The predicted molar refractivity (Wildman–Crippen MR) is 154 cm³/mol. The Balaban J connectivity index is 1.96. The highest BCUT2D eigenvalue weighted by Gasteiger charge is 2.18. The van der Waals surface area contributed by atoms with Crippen LogP contribution in [-0.2, 0) is 0 Å². The molecule has 0 aliphatic rings. The van der Waals surface area contributed by atoms with E-state index in [2.05, 4.69) is 98.0 Å². The quantitative estimate of drug-likeness (QED) is 0.301. The van der Waals surface area contributed by atoms with Crippen LogP contribution in [0.25, 0.3) is 33.0 Å². The van der Waals surface area contributed by atoms with Gasteiger partial charge in [-0.3, -0.25) is 0 Å². The second-order valence-electron chi connectivity index (χ2n) is 9.04. The zero-order chi connectivity index (χ0) is 23.2. The number of rotatable bonds is 4. The predicted octanol–water partition coefficient (Wildman–Crippen LogP) is 5.40. The third-order valence-electron chi connectivity index (χ3n) is 7.14. The Morgan fingerprint density at radius 1 is 0.844 bits per heavy atom. The van der Waals surface area contributed by atoms with Crippen molar-refractivity contribution in [2.24, 2.45) is 0 Å². The molecule has 4 aromatic carbocycles. The number of thiol groups is 2. The lowest BCUT2D eigenvalue weighted by Crippen LogP contribution is -2.22. The van der Waals surface area contributed by atoms with Crippen molar-refractivity contribution in [1.82, 2.24) is 0 Å². The Morgan fingerprint density at radius 3 is 2.22 bits per heavy atom. The van der Waals surface area contributed by atoms with Gasteiger partial charge >= 0.3 is 0 Å². The molecule has 4 rings (SSSR count). The van der Waals surface area contributed by atoms with Gasteiger partial charge in [0.2, 0.25) is 0 Å². The van der Waals surface area contributed by atoms with Crippen molar-refractivity contribution < 1.29 is 0 Å². The zero-order valence-corrected chi connectivity index (χ0v) is 21.7. The van der Waals surface area contributed by atoms with Crippen molar-refractivity contribution >= 4 is 62.6 Å². The standard InChI is InChI=1S/C28H30B2S2/c1-5-15(2)20-12-10-18-8-6-7-9-22(18)24(20)19-11-13-21(16(3)14-19)23-17(4)25(29)27(31)28(32)26(23)30/h6-15,31-32H,5,29-30H2,1-4H3. The fraction of sp³-hybridized carbons (Fsp3) is 0.214. The molecule has 4 heteroatoms. The summed E-state index contributed by atoms with van der Waals surface area (Å²) in [6.45, 7) is 9.03. The third-order valence-corrected chi connectivity index (χ3v) is 8.43. The van der Waals surface area contributed by atoms with Crippen molar-refractivity contribution in [2.45, 2.75) is 49.8 Å². The summed E-state index contributed by atoms with van der Waals surface area (Å²) in [6.07, 6.45) is 1.13. The molecule has 0 heterocycles. The van der Waals surface area contributed by atoms with E-state index in [9.17, 15) is 0 Å². The lowest BCUT2D eigenvalue weighted by atomic mass is 9.77. The van der Waals surface area contributed by atoms with Gasteiger partial charge in [-0.1, -0.05) is 79.4 Å². The average molecular weight is 452 g/mol. The highest BCUT2D eigenvalue weighted by atomic mass is 32.1. The lowest BCUT2D eigenvalue weighted by molar-refractivity contribution is 0.736. The minimum absolute atomic E-state index is 0.511. The van der Waals surface area contributed by atoms with E-state index in [0.717, 1.165) is 16.2 Å². The fourth-order valence-electron chi connectivity index (χ4n) is 4.86. The summed E-state index contributed by atoms with van der Waals surface area (Å²) in [7, 11) is 4.29. The average Bonchev–Trinajstić information content (AvgIpc) is 2.81. The van der Waals surface area contributed by atoms with Crippen LogP contribution >= 0.6 is 25.3 Å². The molecule has 0 bridgehead atoms. The molecule has 0 radical (unpaired) electrons. The summed E-state index contributed by atoms with van der Waals surface area (Å²) in [5.74, 6) is 0.511. The Morgan fingerprint density at radius 2 is 1.53 bits per heavy atom. The van der Waals surface area contributed by atoms with E-state index in [1.165, 1.54) is 60.6 Å². The van der Waals surface area contributed by atoms with E-state index in [0.29, 0.717) is 5.92 Å². The summed E-state index contributed by atoms with van der Waals surface area (Å²) in [6, 6.07) is 20.3. The molecule has 0 nitrogen and oxygen atoms in total. The minimum atomic E-state index is 0.511. The summed E-state index contributed by atoms with van der Waals surface area (Å²) >= 11 is 9.47. The van der Waals surface area contributed by atoms with Crippen LogP contribution in [0.4, 0.5) is 0 Å². The molecule has 0 N–H and O–H groups in total. The molecular weight excluding hydrogens is 422 g/mol. The number of hydrogen-bond donors (Lipinski definition) is 2. The number of hydrogen-bond acceptors (Lipinski definition) is 2. The maximum Gasteiger partial charge on any atom is 0.141 e. The molecule has 0 amide bonds. The molecule has 0 saturated carbocycles. The van der Waals surface area contributed by atoms with Crippen molar-refractivity contribution in [1.29, 1.82) is 0 Å². The molecule has 0 aromatic heterocycles. The first-order valence-electron chi connectivity index (χ1n) is 11.4. The van der Waals surface area contributed by atoms with E-state index in [1.807, 2.05) is 0 Å². The van der Waals surface area contributed by atoms with Crippen LogP contribution in [0, 0.1) is 13.8 Å². The maximum atomic E-state index is 4.77. The normalized spacial score (nSPS) is 12.3. The molecule has 160 valence electrons. The summed E-state index contributed by atoms with van der Waals surface area (Å²) < 4.78 is 0. The van der Waals surface area contributed by atoms with Crippen molar-refractivity contribution in [3.8, 4) is 22.3 Å². The first kappa shape index (κ1) is 23.1. The van der Waals surface area contributed by atoms with Gasteiger partial charge in [-0.05, 0) is 75.9 Å². The van der Waals surface area contributed by atoms with Crippen LogP contribution in [0.5, 0.6) is 0 Å². The molecule has 0 saturated heterocycles. The second-order valence-corrected chi connectivity index (χ2v) is 9.93. The molecular formula is C28H30B2S2. The summed E-state index contributed by atoms with van der Waals surface area (Å²) in [5.41, 5.74) is 11.6. The summed E-state index contributed by atoms with van der Waals surface area (Å²) in [5, 5.41) is 2.63. The molecule has 32 heavy (non-hydrogen) atoms. The Labute approximate surface area is 205 Å². The van der Waals surface area contributed by atoms with Gasteiger partial charge in [0, 0.05) is 9.79 Å². The topological polar surface area (TPSA) is 0 Å². The Hall–Kier alpha value is -2.03. The third kappa shape index (κ3) is 3.82. The van der Waals surface area contributed by atoms with Crippen molar-refractivity contribution in [3.05, 3.63) is 71.3 Å². The molecule has 0 aliphatic carbocycles. The van der Waals surface area contributed by atoms with Crippen molar-refractivity contribution in [2.75, 3.05) is 0 Å². The smallest absolute Gasteiger partial charge is 0.141 e. The van der Waals surface area contributed by atoms with Gasteiger partial charge in [-0.15, -0.1) is 25.3 Å². The number of fused-ring (bicyclic) bond motifs is 1. The fourth-order valence-corrected chi connectivity index (χ4v) is 5.48. The summed E-state index contributed by atoms with van der Waals surface area (Å²) in [4.78, 5) is 1.96. The van der Waals surface area contributed by atoms with Crippen LogP contribution in [0.1, 0.15) is 42.9 Å². The highest BCUT2D eigenvalue weighted by Crippen LogP contribution is 2.39. The van der Waals surface area contributed by atoms with Gasteiger partial charge in [0.1, 0.15) is 15.7 Å². The van der Waals surface area contributed by atoms with Crippen LogP contribution in [0.3, 0.4) is 0 Å². The lowest BCUT2D eigenvalue weighted by Gasteiger charge is -2.22. The molecule has 1 atom stereocenters. The van der Waals surface area contributed by atoms with E-state index in [-0.39, 0.29) is 0 Å². The molecule has 0 fully saturated rings. The van der Waals surface area contributed by atoms with Gasteiger partial charge in [-0.25, -0.2) is 0 Å². The zero-order valence-electron chi connectivity index (χ0n) is 19.9. The van der Waals surface area contributed by atoms with E-state index in [4.69, 9.17) is 25.3 Å². The minimum Gasteiger partial charge on any atom is -0.143 e. The number of aryl methyl sites for hydroxylation is 1. The van der Waals surface area contributed by atoms with Gasteiger partial charge in [0.15, 0.2) is 0 Å². The van der Waals surface area contributed by atoms with Gasteiger partial charge in [-0.2, -0.15) is 0 Å². The van der Waals surface area contributed by atoms with E-state index in [1.54, 1.807) is 0 Å². The van der Waals surface area contributed by atoms with E-state index >= 15 is 0 Å². The highest BCUT2D eigenvalue weighted by molar-refractivity contribution is 7.84. The molecule has 1 unspecified atom stereocenters. The van der Waals surface area contributed by atoms with Gasteiger partial charge in [0.25, 0.3) is 0 Å². The maximum absolute atomic E-state index is 4.77. The van der Waals surface area contributed by atoms with Gasteiger partial charge < -0.3 is 0 Å². The molecule has 4 aromatic rings. The largest absolute Gasteiger partial charge is 0.143 e. The van der Waals surface area contributed by atoms with Crippen LogP contribution in [-0.4, -0.2) is 15.7 Å². The van der Waals surface area contributed by atoms with Crippen molar-refractivity contribution in [3.63, 3.8) is 0 Å². The monoisotopic (exact) mass is 452 g/mol. The van der Waals surface area contributed by atoms with Crippen LogP contribution < -0.4 is 10.9 Å². The Kier molecular flexibility index (Phi) is 6.56. The molecule has 0 spiro atoms. The second kappa shape index (κ2) is 9.08. The van der Waals surface area contributed by atoms with Crippen LogP contribution in [0.15, 0.2) is 64.4 Å². The SMILES string of the molecule is Bc1c(C)c(-c2ccc(-c3c(C(C)CC)ccc4ccccc34)cc2C)c(B)c(S)c1S. The van der Waals surface area contributed by atoms with Crippen LogP contribution in [0.2, 0.25) is 0 Å². The first-order chi connectivity index (χ1) is 15.3.